The zero-order chi connectivity index (χ0) is 12.4. The van der Waals surface area contributed by atoms with Crippen molar-refractivity contribution < 1.29 is 9.13 Å². The van der Waals surface area contributed by atoms with E-state index in [4.69, 9.17) is 28.6 Å². The molecular formula is C10H7ClFN3OS. The van der Waals surface area contributed by atoms with Gasteiger partial charge in [0.15, 0.2) is 0 Å². The number of rotatable bonds is 2. The third-order valence-corrected chi connectivity index (χ3v) is 2.36. The number of halogens is 2. The second-order valence-corrected chi connectivity index (χ2v) is 3.95. The minimum atomic E-state index is -0.454. The van der Waals surface area contributed by atoms with E-state index >= 15 is 0 Å². The van der Waals surface area contributed by atoms with Gasteiger partial charge in [-0.3, -0.25) is 4.98 Å². The first-order valence-corrected chi connectivity index (χ1v) is 5.36. The van der Waals surface area contributed by atoms with Crippen LogP contribution in [-0.2, 0) is 0 Å². The van der Waals surface area contributed by atoms with Crippen molar-refractivity contribution in [2.24, 2.45) is 0 Å². The molecule has 1 N–H and O–H groups in total. The SMILES string of the molecule is COc1nc(=S)nc(-c2cc(F)cc(Cl)c2)[nH]1. The van der Waals surface area contributed by atoms with Crippen LogP contribution >= 0.6 is 23.8 Å². The number of nitrogens with one attached hydrogen (secondary N) is 1. The number of methoxy groups -OCH3 is 1. The summed E-state index contributed by atoms with van der Waals surface area (Å²) in [7, 11) is 1.44. The molecule has 0 spiro atoms. The third-order valence-electron chi connectivity index (χ3n) is 1.96. The van der Waals surface area contributed by atoms with E-state index in [-0.39, 0.29) is 15.8 Å². The van der Waals surface area contributed by atoms with Crippen molar-refractivity contribution in [3.63, 3.8) is 0 Å². The smallest absolute Gasteiger partial charge is 0.297 e. The Morgan fingerprint density at radius 3 is 2.76 bits per heavy atom. The largest absolute Gasteiger partial charge is 0.468 e. The summed E-state index contributed by atoms with van der Waals surface area (Å²) < 4.78 is 18.2. The van der Waals surface area contributed by atoms with Gasteiger partial charge in [-0.15, -0.1) is 0 Å². The summed E-state index contributed by atoms with van der Waals surface area (Å²) in [6.45, 7) is 0. The van der Waals surface area contributed by atoms with Crippen LogP contribution in [0.2, 0.25) is 5.02 Å². The first-order chi connectivity index (χ1) is 8.08. The minimum absolute atomic E-state index is 0.107. The highest BCUT2D eigenvalue weighted by molar-refractivity contribution is 7.71. The topological polar surface area (TPSA) is 50.8 Å². The molecule has 0 saturated heterocycles. The summed E-state index contributed by atoms with van der Waals surface area (Å²) in [4.78, 5) is 10.6. The number of aromatic nitrogens is 3. The lowest BCUT2D eigenvalue weighted by Gasteiger charge is -2.04. The number of benzene rings is 1. The molecule has 0 aliphatic carbocycles. The molecule has 0 saturated carbocycles. The Hall–Kier alpha value is -1.53. The summed E-state index contributed by atoms with van der Waals surface area (Å²) in [5.41, 5.74) is 0.474. The third kappa shape index (κ3) is 2.78. The molecule has 0 radical (unpaired) electrons. The number of aromatic amines is 1. The van der Waals surface area contributed by atoms with Crippen LogP contribution in [0.25, 0.3) is 11.4 Å². The number of H-pyrrole nitrogens is 1. The van der Waals surface area contributed by atoms with Crippen molar-refractivity contribution in [2.45, 2.75) is 0 Å². The number of ether oxygens (including phenoxy) is 1. The monoisotopic (exact) mass is 271 g/mol. The van der Waals surface area contributed by atoms with Gasteiger partial charge in [-0.1, -0.05) is 11.6 Å². The van der Waals surface area contributed by atoms with E-state index in [1.54, 1.807) is 6.07 Å². The maximum Gasteiger partial charge on any atom is 0.297 e. The van der Waals surface area contributed by atoms with Crippen LogP contribution in [0.1, 0.15) is 0 Å². The van der Waals surface area contributed by atoms with E-state index in [0.717, 1.165) is 0 Å². The van der Waals surface area contributed by atoms with Crippen molar-refractivity contribution in [2.75, 3.05) is 7.11 Å². The summed E-state index contributed by atoms with van der Waals surface area (Å²) in [6, 6.07) is 4.27. The predicted molar refractivity (Wildman–Crippen MR) is 64.2 cm³/mol. The zero-order valence-electron chi connectivity index (χ0n) is 8.70. The van der Waals surface area contributed by atoms with Crippen LogP contribution < -0.4 is 4.74 Å². The van der Waals surface area contributed by atoms with E-state index in [1.165, 1.54) is 19.2 Å². The fourth-order valence-corrected chi connectivity index (χ4v) is 1.68. The maximum atomic E-state index is 13.2. The predicted octanol–water partition coefficient (Wildman–Crippen LogP) is 3.00. The molecule has 2 rings (SSSR count). The van der Waals surface area contributed by atoms with Gasteiger partial charge in [0, 0.05) is 10.6 Å². The lowest BCUT2D eigenvalue weighted by atomic mass is 10.2. The molecule has 0 bridgehead atoms. The Labute approximate surface area is 106 Å². The first kappa shape index (κ1) is 11.9. The van der Waals surface area contributed by atoms with Gasteiger partial charge >= 0.3 is 0 Å². The highest BCUT2D eigenvalue weighted by Crippen LogP contribution is 2.22. The van der Waals surface area contributed by atoms with Crippen molar-refractivity contribution in [1.29, 1.82) is 0 Å². The van der Waals surface area contributed by atoms with Crippen molar-refractivity contribution >= 4 is 23.8 Å². The molecule has 0 amide bonds. The lowest BCUT2D eigenvalue weighted by molar-refractivity contribution is 0.378. The van der Waals surface area contributed by atoms with Gasteiger partial charge in [-0.05, 0) is 30.4 Å². The van der Waals surface area contributed by atoms with Crippen LogP contribution in [0.3, 0.4) is 0 Å². The van der Waals surface area contributed by atoms with Gasteiger partial charge in [-0.25, -0.2) is 9.37 Å². The molecule has 1 heterocycles. The summed E-state index contributed by atoms with van der Waals surface area (Å²) in [5, 5.41) is 0.275. The Morgan fingerprint density at radius 2 is 2.12 bits per heavy atom. The van der Waals surface area contributed by atoms with Crippen molar-refractivity contribution in [3.8, 4) is 17.4 Å². The normalized spacial score (nSPS) is 10.3. The highest BCUT2D eigenvalue weighted by atomic mass is 35.5. The fraction of sp³-hybridized carbons (Fsp3) is 0.100. The number of hydrogen-bond acceptors (Lipinski definition) is 4. The number of nitrogens with zero attached hydrogens (tertiary/aromatic N) is 2. The molecule has 1 aromatic carbocycles. The number of hydrogen-bond donors (Lipinski definition) is 1. The molecule has 0 aliphatic heterocycles. The maximum absolute atomic E-state index is 13.2. The van der Waals surface area contributed by atoms with Crippen LogP contribution in [0, 0.1) is 10.6 Å². The van der Waals surface area contributed by atoms with Crippen LogP contribution in [0.5, 0.6) is 6.01 Å². The van der Waals surface area contributed by atoms with Gasteiger partial charge in [-0.2, -0.15) is 4.98 Å². The minimum Gasteiger partial charge on any atom is -0.468 e. The molecule has 88 valence electrons. The molecule has 17 heavy (non-hydrogen) atoms. The van der Waals surface area contributed by atoms with Gasteiger partial charge in [0.1, 0.15) is 11.6 Å². The van der Waals surface area contributed by atoms with E-state index in [0.29, 0.717) is 11.4 Å². The van der Waals surface area contributed by atoms with E-state index in [9.17, 15) is 4.39 Å². The van der Waals surface area contributed by atoms with Crippen LogP contribution in [0.15, 0.2) is 18.2 Å². The summed E-state index contributed by atoms with van der Waals surface area (Å²) in [6.07, 6.45) is 0. The Kier molecular flexibility index (Phi) is 3.35. The second-order valence-electron chi connectivity index (χ2n) is 3.15. The van der Waals surface area contributed by atoms with E-state index in [2.05, 4.69) is 15.0 Å². The molecule has 0 unspecified atom stereocenters. The molecule has 7 heteroatoms. The molecular weight excluding hydrogens is 265 g/mol. The Balaban J connectivity index is 2.59. The van der Waals surface area contributed by atoms with Gasteiger partial charge in [0.25, 0.3) is 6.01 Å². The average Bonchev–Trinajstić information content (AvgIpc) is 2.26. The van der Waals surface area contributed by atoms with Gasteiger partial charge in [0.2, 0.25) is 4.77 Å². The molecule has 4 nitrogen and oxygen atoms in total. The molecule has 0 fully saturated rings. The Bertz CT molecular complexity index is 596. The van der Waals surface area contributed by atoms with E-state index < -0.39 is 5.82 Å². The molecule has 1 aromatic heterocycles. The van der Waals surface area contributed by atoms with Gasteiger partial charge in [0.05, 0.1) is 7.11 Å². The quantitative estimate of drug-likeness (QED) is 0.853. The van der Waals surface area contributed by atoms with Gasteiger partial charge < -0.3 is 4.74 Å². The molecule has 2 aromatic rings. The first-order valence-electron chi connectivity index (χ1n) is 4.57. The van der Waals surface area contributed by atoms with Crippen molar-refractivity contribution in [1.82, 2.24) is 15.0 Å². The van der Waals surface area contributed by atoms with Crippen molar-refractivity contribution in [3.05, 3.63) is 33.8 Å². The Morgan fingerprint density at radius 1 is 1.35 bits per heavy atom. The summed E-state index contributed by atoms with van der Waals surface area (Å²) in [5.74, 6) is -0.104. The molecule has 0 aliphatic rings. The lowest BCUT2D eigenvalue weighted by Crippen LogP contribution is -1.98. The second kappa shape index (κ2) is 4.77. The summed E-state index contributed by atoms with van der Waals surface area (Å²) >= 11 is 10.6. The van der Waals surface area contributed by atoms with E-state index in [1.807, 2.05) is 0 Å². The fourth-order valence-electron chi connectivity index (χ4n) is 1.29. The molecule has 0 atom stereocenters. The zero-order valence-corrected chi connectivity index (χ0v) is 10.3. The average molecular weight is 272 g/mol. The standard InChI is InChI=1S/C10H7ClFN3OS/c1-16-9-13-8(14-10(17)15-9)5-2-6(11)4-7(12)3-5/h2-4H,1H3,(H,13,14,15,17). The highest BCUT2D eigenvalue weighted by Gasteiger charge is 2.06. The van der Waals surface area contributed by atoms with Crippen LogP contribution in [-0.4, -0.2) is 22.1 Å². The van der Waals surface area contributed by atoms with Crippen LogP contribution in [0.4, 0.5) is 4.39 Å².